The summed E-state index contributed by atoms with van der Waals surface area (Å²) in [7, 11) is 0. The van der Waals surface area contributed by atoms with E-state index in [-0.39, 0.29) is 16.8 Å². The Morgan fingerprint density at radius 2 is 2.05 bits per heavy atom. The molecule has 0 bridgehead atoms. The lowest BCUT2D eigenvalue weighted by atomic mass is 9.92. The molecule has 0 aliphatic rings. The summed E-state index contributed by atoms with van der Waals surface area (Å²) in [5.41, 5.74) is 0.433. The molecule has 1 aromatic carbocycles. The van der Waals surface area contributed by atoms with E-state index >= 15 is 0 Å². The van der Waals surface area contributed by atoms with E-state index in [0.29, 0.717) is 11.6 Å². The Hall–Kier alpha value is -1.62. The summed E-state index contributed by atoms with van der Waals surface area (Å²) in [5, 5.41) is 0. The van der Waals surface area contributed by atoms with E-state index in [0.717, 1.165) is 10.6 Å². The van der Waals surface area contributed by atoms with Crippen molar-refractivity contribution >= 4 is 11.8 Å². The maximum atomic E-state index is 13.1. The Morgan fingerprint density at radius 1 is 1.30 bits per heavy atom. The zero-order valence-electron chi connectivity index (χ0n) is 11.7. The number of nitrogens with one attached hydrogen (secondary N) is 1. The van der Waals surface area contributed by atoms with Gasteiger partial charge in [0.2, 0.25) is 0 Å². The topological polar surface area (TPSA) is 45.8 Å². The van der Waals surface area contributed by atoms with Crippen LogP contribution in [0.15, 0.2) is 40.0 Å². The van der Waals surface area contributed by atoms with E-state index in [9.17, 15) is 9.18 Å². The van der Waals surface area contributed by atoms with Crippen molar-refractivity contribution in [1.82, 2.24) is 9.97 Å². The number of hydrogen-bond donors (Lipinski definition) is 1. The average Bonchev–Trinajstić information content (AvgIpc) is 2.35. The Morgan fingerprint density at radius 3 is 2.70 bits per heavy atom. The molecule has 0 atom stereocenters. The highest BCUT2D eigenvalue weighted by Gasteiger charge is 2.17. The zero-order chi connectivity index (χ0) is 14.8. The third kappa shape index (κ3) is 3.93. The summed E-state index contributed by atoms with van der Waals surface area (Å²) in [6.45, 7) is 6.04. The normalized spacial score (nSPS) is 11.6. The van der Waals surface area contributed by atoms with Gasteiger partial charge in [-0.15, -0.1) is 11.8 Å². The molecule has 0 aliphatic carbocycles. The van der Waals surface area contributed by atoms with Crippen LogP contribution in [0.25, 0.3) is 0 Å². The number of thioether (sulfide) groups is 1. The van der Waals surface area contributed by atoms with E-state index in [1.54, 1.807) is 6.07 Å². The molecule has 0 saturated carbocycles. The van der Waals surface area contributed by atoms with Gasteiger partial charge in [0, 0.05) is 16.4 Å². The maximum Gasteiger partial charge on any atom is 0.251 e. The molecule has 5 heteroatoms. The van der Waals surface area contributed by atoms with Gasteiger partial charge in [-0.1, -0.05) is 26.8 Å². The van der Waals surface area contributed by atoms with Crippen LogP contribution in [-0.4, -0.2) is 9.97 Å². The van der Waals surface area contributed by atoms with Crippen molar-refractivity contribution in [3.63, 3.8) is 0 Å². The van der Waals surface area contributed by atoms with Crippen molar-refractivity contribution in [3.8, 4) is 0 Å². The van der Waals surface area contributed by atoms with E-state index in [2.05, 4.69) is 9.97 Å². The lowest BCUT2D eigenvalue weighted by Gasteiger charge is -2.17. The minimum atomic E-state index is -0.264. The SMILES string of the molecule is CC(C)(C)c1cc(=O)[nH]c(CSc2cccc(F)c2)n1. The van der Waals surface area contributed by atoms with Gasteiger partial charge in [0.1, 0.15) is 11.6 Å². The lowest BCUT2D eigenvalue weighted by molar-refractivity contribution is 0.562. The van der Waals surface area contributed by atoms with Gasteiger partial charge in [-0.05, 0) is 18.2 Å². The van der Waals surface area contributed by atoms with E-state index in [4.69, 9.17) is 0 Å². The number of hydrogen-bond acceptors (Lipinski definition) is 3. The lowest BCUT2D eigenvalue weighted by Crippen LogP contribution is -2.20. The summed E-state index contributed by atoms with van der Waals surface area (Å²) < 4.78 is 13.1. The molecule has 0 aliphatic heterocycles. The summed E-state index contributed by atoms with van der Waals surface area (Å²) in [6, 6.07) is 7.90. The van der Waals surface area contributed by atoms with Crippen LogP contribution in [0.4, 0.5) is 4.39 Å². The molecule has 0 radical (unpaired) electrons. The second-order valence-electron chi connectivity index (χ2n) is 5.57. The molecule has 0 spiro atoms. The third-order valence-corrected chi connectivity index (χ3v) is 3.74. The van der Waals surface area contributed by atoms with E-state index in [1.165, 1.54) is 30.0 Å². The number of halogens is 1. The first kappa shape index (κ1) is 14.8. The summed E-state index contributed by atoms with van der Waals surface area (Å²) in [4.78, 5) is 19.7. The standard InChI is InChI=1S/C15H17FN2OS/c1-15(2,3)12-8-14(19)18-13(17-12)9-20-11-6-4-5-10(16)7-11/h4-8H,9H2,1-3H3,(H,17,18,19). The van der Waals surface area contributed by atoms with Crippen LogP contribution in [0.5, 0.6) is 0 Å². The minimum absolute atomic E-state index is 0.153. The highest BCUT2D eigenvalue weighted by Crippen LogP contribution is 2.23. The highest BCUT2D eigenvalue weighted by molar-refractivity contribution is 7.98. The molecule has 3 nitrogen and oxygen atoms in total. The predicted molar refractivity (Wildman–Crippen MR) is 79.5 cm³/mol. The molecule has 0 unspecified atom stereocenters. The van der Waals surface area contributed by atoms with Gasteiger partial charge in [0.25, 0.3) is 5.56 Å². The van der Waals surface area contributed by atoms with Crippen LogP contribution in [0.2, 0.25) is 0 Å². The van der Waals surface area contributed by atoms with Crippen LogP contribution < -0.4 is 5.56 Å². The first-order valence-corrected chi connectivity index (χ1v) is 7.32. The third-order valence-electron chi connectivity index (χ3n) is 2.73. The molecule has 2 aromatic rings. The smallest absolute Gasteiger partial charge is 0.251 e. The van der Waals surface area contributed by atoms with Crippen LogP contribution in [0, 0.1) is 5.82 Å². The van der Waals surface area contributed by atoms with Crippen molar-refractivity contribution in [2.75, 3.05) is 0 Å². The largest absolute Gasteiger partial charge is 0.310 e. The number of nitrogens with zero attached hydrogens (tertiary/aromatic N) is 1. The molecule has 0 saturated heterocycles. The Labute approximate surface area is 121 Å². The Bertz CT molecular complexity index is 661. The van der Waals surface area contributed by atoms with Crippen molar-refractivity contribution in [2.45, 2.75) is 36.8 Å². The monoisotopic (exact) mass is 292 g/mol. The van der Waals surface area contributed by atoms with Gasteiger partial charge in [-0.25, -0.2) is 9.37 Å². The number of rotatable bonds is 3. The van der Waals surface area contributed by atoms with Crippen LogP contribution in [-0.2, 0) is 11.2 Å². The molecule has 20 heavy (non-hydrogen) atoms. The number of benzene rings is 1. The van der Waals surface area contributed by atoms with Gasteiger partial charge >= 0.3 is 0 Å². The van der Waals surface area contributed by atoms with Crippen LogP contribution in [0.1, 0.15) is 32.3 Å². The minimum Gasteiger partial charge on any atom is -0.310 e. The molecule has 0 amide bonds. The molecule has 2 rings (SSSR count). The molecular formula is C15H17FN2OS. The van der Waals surface area contributed by atoms with Crippen LogP contribution in [0.3, 0.4) is 0 Å². The second-order valence-corrected chi connectivity index (χ2v) is 6.62. The fourth-order valence-corrected chi connectivity index (χ4v) is 2.48. The van der Waals surface area contributed by atoms with Crippen molar-refractivity contribution in [2.24, 2.45) is 0 Å². The van der Waals surface area contributed by atoms with Crippen molar-refractivity contribution in [3.05, 3.63) is 58.0 Å². The summed E-state index contributed by atoms with van der Waals surface area (Å²) in [6.07, 6.45) is 0. The highest BCUT2D eigenvalue weighted by atomic mass is 32.2. The molecule has 1 aromatic heterocycles. The number of H-pyrrole nitrogens is 1. The zero-order valence-corrected chi connectivity index (χ0v) is 12.6. The second kappa shape index (κ2) is 5.79. The van der Waals surface area contributed by atoms with Crippen molar-refractivity contribution in [1.29, 1.82) is 0 Å². The molecular weight excluding hydrogens is 275 g/mol. The molecule has 1 heterocycles. The number of aromatic amines is 1. The van der Waals surface area contributed by atoms with E-state index < -0.39 is 0 Å². The molecule has 106 valence electrons. The van der Waals surface area contributed by atoms with Gasteiger partial charge < -0.3 is 4.98 Å². The number of aromatic nitrogens is 2. The Balaban J connectivity index is 2.18. The average molecular weight is 292 g/mol. The van der Waals surface area contributed by atoms with Gasteiger partial charge in [0.15, 0.2) is 0 Å². The van der Waals surface area contributed by atoms with Gasteiger partial charge in [-0.2, -0.15) is 0 Å². The summed E-state index contributed by atoms with van der Waals surface area (Å²) in [5.74, 6) is 0.847. The first-order chi connectivity index (χ1) is 9.34. The Kier molecular flexibility index (Phi) is 4.28. The predicted octanol–water partition coefficient (Wildman–Crippen LogP) is 3.50. The van der Waals surface area contributed by atoms with Crippen molar-refractivity contribution < 1.29 is 4.39 Å². The fraction of sp³-hybridized carbons (Fsp3) is 0.333. The van der Waals surface area contributed by atoms with Gasteiger partial charge in [0.05, 0.1) is 11.4 Å². The quantitative estimate of drug-likeness (QED) is 0.881. The molecule has 0 fully saturated rings. The summed E-state index contributed by atoms with van der Waals surface area (Å²) >= 11 is 1.44. The molecule has 1 N–H and O–H groups in total. The van der Waals surface area contributed by atoms with E-state index in [1.807, 2.05) is 26.8 Å². The maximum absolute atomic E-state index is 13.1. The van der Waals surface area contributed by atoms with Crippen LogP contribution >= 0.6 is 11.8 Å². The fourth-order valence-electron chi connectivity index (χ4n) is 1.67. The first-order valence-electron chi connectivity index (χ1n) is 6.34. The van der Waals surface area contributed by atoms with Gasteiger partial charge in [-0.3, -0.25) is 4.79 Å².